The van der Waals surface area contributed by atoms with E-state index in [-0.39, 0.29) is 11.8 Å². The molecule has 1 unspecified atom stereocenters. The van der Waals surface area contributed by atoms with E-state index in [1.165, 1.54) is 6.42 Å². The highest BCUT2D eigenvalue weighted by Crippen LogP contribution is 2.16. The normalized spacial score (nSPS) is 22.8. The quantitative estimate of drug-likeness (QED) is 0.713. The average Bonchev–Trinajstić information content (AvgIpc) is 2.59. The summed E-state index contributed by atoms with van der Waals surface area (Å²) in [6, 6.07) is 0. The Labute approximate surface area is 140 Å². The first-order valence-corrected chi connectivity index (χ1v) is 9.16. The number of carbonyl (C=O) groups excluding carboxylic acids is 2. The van der Waals surface area contributed by atoms with Crippen molar-refractivity contribution >= 4 is 11.8 Å². The summed E-state index contributed by atoms with van der Waals surface area (Å²) in [6.07, 6.45) is 4.48. The number of nitrogens with zero attached hydrogens (tertiary/aromatic N) is 2. The van der Waals surface area contributed by atoms with Crippen molar-refractivity contribution in [1.29, 1.82) is 0 Å². The summed E-state index contributed by atoms with van der Waals surface area (Å²) >= 11 is 0. The summed E-state index contributed by atoms with van der Waals surface area (Å²) in [7, 11) is 0. The van der Waals surface area contributed by atoms with Gasteiger partial charge in [-0.15, -0.1) is 0 Å². The fourth-order valence-electron chi connectivity index (χ4n) is 3.42. The Kier molecular flexibility index (Phi) is 7.82. The van der Waals surface area contributed by atoms with Gasteiger partial charge in [0, 0.05) is 58.7 Å². The molecule has 23 heavy (non-hydrogen) atoms. The molecule has 132 valence electrons. The lowest BCUT2D eigenvalue weighted by atomic mass is 9.97. The molecule has 0 radical (unpaired) electrons. The predicted molar refractivity (Wildman–Crippen MR) is 91.1 cm³/mol. The topological polar surface area (TPSA) is 64.7 Å². The van der Waals surface area contributed by atoms with Crippen LogP contribution in [0.3, 0.4) is 0 Å². The molecular weight excluding hydrogens is 292 g/mol. The maximum absolute atomic E-state index is 12.2. The van der Waals surface area contributed by atoms with Crippen LogP contribution < -0.4 is 10.6 Å². The highest BCUT2D eigenvalue weighted by molar-refractivity contribution is 5.76. The first-order valence-electron chi connectivity index (χ1n) is 9.16. The molecule has 6 nitrogen and oxygen atoms in total. The highest BCUT2D eigenvalue weighted by atomic mass is 16.2. The number of amides is 2. The molecule has 2 N–H and O–H groups in total. The molecule has 2 heterocycles. The van der Waals surface area contributed by atoms with Gasteiger partial charge >= 0.3 is 0 Å². The third-order valence-electron chi connectivity index (χ3n) is 4.78. The number of hydrogen-bond donors (Lipinski definition) is 2. The molecule has 0 aromatic carbocycles. The lowest BCUT2D eigenvalue weighted by Crippen LogP contribution is -2.47. The number of piperidine rings is 1. The zero-order valence-electron chi connectivity index (χ0n) is 14.5. The van der Waals surface area contributed by atoms with Crippen LogP contribution in [0.1, 0.15) is 39.0 Å². The van der Waals surface area contributed by atoms with Gasteiger partial charge in [0.25, 0.3) is 0 Å². The van der Waals surface area contributed by atoms with E-state index in [0.717, 1.165) is 65.2 Å². The van der Waals surface area contributed by atoms with Crippen molar-refractivity contribution in [3.05, 3.63) is 0 Å². The summed E-state index contributed by atoms with van der Waals surface area (Å²) < 4.78 is 0. The Morgan fingerprint density at radius 2 is 1.96 bits per heavy atom. The van der Waals surface area contributed by atoms with Crippen molar-refractivity contribution in [2.24, 2.45) is 5.92 Å². The zero-order chi connectivity index (χ0) is 16.5. The van der Waals surface area contributed by atoms with Crippen LogP contribution in [0, 0.1) is 5.92 Å². The molecule has 0 aromatic rings. The number of likely N-dealkylation sites (tertiary alicyclic amines) is 1. The van der Waals surface area contributed by atoms with Crippen molar-refractivity contribution in [3.8, 4) is 0 Å². The molecule has 2 rings (SSSR count). The van der Waals surface area contributed by atoms with Crippen LogP contribution in [0.25, 0.3) is 0 Å². The van der Waals surface area contributed by atoms with E-state index in [0.29, 0.717) is 18.8 Å². The number of piperazine rings is 1. The van der Waals surface area contributed by atoms with Crippen molar-refractivity contribution in [3.63, 3.8) is 0 Å². The van der Waals surface area contributed by atoms with Crippen LogP contribution in [0.15, 0.2) is 0 Å². The first kappa shape index (κ1) is 18.2. The second-order valence-corrected chi connectivity index (χ2v) is 6.74. The van der Waals surface area contributed by atoms with Crippen molar-refractivity contribution < 1.29 is 9.59 Å². The fraction of sp³-hybridized carbons (Fsp3) is 0.882. The number of hydrogen-bond acceptors (Lipinski definition) is 4. The molecule has 0 bridgehead atoms. The summed E-state index contributed by atoms with van der Waals surface area (Å²) in [4.78, 5) is 28.2. The smallest absolute Gasteiger partial charge is 0.223 e. The van der Waals surface area contributed by atoms with E-state index in [9.17, 15) is 9.59 Å². The molecule has 0 aromatic heterocycles. The van der Waals surface area contributed by atoms with E-state index in [1.807, 2.05) is 11.8 Å². The van der Waals surface area contributed by atoms with Crippen molar-refractivity contribution in [1.82, 2.24) is 20.4 Å². The summed E-state index contributed by atoms with van der Waals surface area (Å²) in [5, 5.41) is 6.32. The lowest BCUT2D eigenvalue weighted by molar-refractivity contribution is -0.132. The summed E-state index contributed by atoms with van der Waals surface area (Å²) in [5.74, 6) is 0.974. The van der Waals surface area contributed by atoms with Crippen LogP contribution in [0.2, 0.25) is 0 Å². The standard InChI is InChI=1S/C17H32N4O2/c1-2-4-16(22)19-13-15-5-3-9-20(14-15)10-6-17(23)21-11-7-18-8-12-21/h15,18H,2-14H2,1H3,(H,19,22). The highest BCUT2D eigenvalue weighted by Gasteiger charge is 2.22. The van der Waals surface area contributed by atoms with Gasteiger partial charge in [-0.3, -0.25) is 9.59 Å². The predicted octanol–water partition coefficient (Wildman–Crippen LogP) is 0.437. The van der Waals surface area contributed by atoms with Gasteiger partial charge < -0.3 is 20.4 Å². The largest absolute Gasteiger partial charge is 0.356 e. The lowest BCUT2D eigenvalue weighted by Gasteiger charge is -2.33. The van der Waals surface area contributed by atoms with Crippen molar-refractivity contribution in [2.45, 2.75) is 39.0 Å². The SMILES string of the molecule is CCCC(=O)NCC1CCCN(CCC(=O)N2CCNCC2)C1. The second-order valence-electron chi connectivity index (χ2n) is 6.74. The molecule has 2 amide bonds. The number of carbonyl (C=O) groups is 2. The zero-order valence-corrected chi connectivity index (χ0v) is 14.5. The minimum absolute atomic E-state index is 0.165. The van der Waals surface area contributed by atoms with Gasteiger partial charge in [0.05, 0.1) is 0 Å². The molecule has 0 saturated carbocycles. The van der Waals surface area contributed by atoms with E-state index in [1.54, 1.807) is 0 Å². The van der Waals surface area contributed by atoms with Crippen LogP contribution >= 0.6 is 0 Å². The molecule has 2 aliphatic rings. The van der Waals surface area contributed by atoms with Crippen LogP contribution in [0.5, 0.6) is 0 Å². The Morgan fingerprint density at radius 3 is 2.70 bits per heavy atom. The molecule has 0 spiro atoms. The number of rotatable bonds is 7. The Morgan fingerprint density at radius 1 is 1.17 bits per heavy atom. The van der Waals surface area contributed by atoms with Crippen molar-refractivity contribution in [2.75, 3.05) is 52.4 Å². The molecule has 0 aliphatic carbocycles. The maximum Gasteiger partial charge on any atom is 0.223 e. The van der Waals surface area contributed by atoms with Gasteiger partial charge in [-0.25, -0.2) is 0 Å². The van der Waals surface area contributed by atoms with Gasteiger partial charge in [-0.1, -0.05) is 6.92 Å². The fourth-order valence-corrected chi connectivity index (χ4v) is 3.42. The molecule has 2 saturated heterocycles. The molecule has 6 heteroatoms. The minimum atomic E-state index is 0.165. The summed E-state index contributed by atoms with van der Waals surface area (Å²) in [6.45, 7) is 9.23. The van der Waals surface area contributed by atoms with E-state index in [2.05, 4.69) is 15.5 Å². The molecule has 2 fully saturated rings. The average molecular weight is 324 g/mol. The Balaban J connectivity index is 1.65. The molecule has 1 atom stereocenters. The number of nitrogens with one attached hydrogen (secondary N) is 2. The van der Waals surface area contributed by atoms with Crippen LogP contribution in [0.4, 0.5) is 0 Å². The monoisotopic (exact) mass is 324 g/mol. The second kappa shape index (κ2) is 9.88. The first-order chi connectivity index (χ1) is 11.2. The van der Waals surface area contributed by atoms with Gasteiger partial charge in [-0.2, -0.15) is 0 Å². The van der Waals surface area contributed by atoms with Crippen LogP contribution in [-0.2, 0) is 9.59 Å². The third kappa shape index (κ3) is 6.47. The Bertz CT molecular complexity index is 383. The summed E-state index contributed by atoms with van der Waals surface area (Å²) in [5.41, 5.74) is 0. The van der Waals surface area contributed by atoms with E-state index >= 15 is 0 Å². The molecule has 2 aliphatic heterocycles. The van der Waals surface area contributed by atoms with E-state index < -0.39 is 0 Å². The van der Waals surface area contributed by atoms with Gasteiger partial charge in [0.1, 0.15) is 0 Å². The maximum atomic E-state index is 12.2. The van der Waals surface area contributed by atoms with Gasteiger partial charge in [0.2, 0.25) is 11.8 Å². The minimum Gasteiger partial charge on any atom is -0.356 e. The van der Waals surface area contributed by atoms with Gasteiger partial charge in [0.15, 0.2) is 0 Å². The van der Waals surface area contributed by atoms with E-state index in [4.69, 9.17) is 0 Å². The third-order valence-corrected chi connectivity index (χ3v) is 4.78. The Hall–Kier alpha value is -1.14. The van der Waals surface area contributed by atoms with Gasteiger partial charge in [-0.05, 0) is 31.7 Å². The van der Waals surface area contributed by atoms with Crippen LogP contribution in [-0.4, -0.2) is 74.0 Å². The molecular formula is C17H32N4O2.